The van der Waals surface area contributed by atoms with Gasteiger partial charge in [0.1, 0.15) is 11.5 Å². The summed E-state index contributed by atoms with van der Waals surface area (Å²) in [6.45, 7) is -0.387. The Hall–Kier alpha value is -3.97. The Morgan fingerprint density at radius 2 is 1.62 bits per heavy atom. The molecule has 0 atom stereocenters. The van der Waals surface area contributed by atoms with Gasteiger partial charge >= 0.3 is 5.97 Å². The highest BCUT2D eigenvalue weighted by Crippen LogP contribution is 2.31. The van der Waals surface area contributed by atoms with Crippen molar-refractivity contribution in [1.29, 1.82) is 0 Å². The molecule has 0 fully saturated rings. The van der Waals surface area contributed by atoms with Crippen LogP contribution < -0.4 is 10.9 Å². The van der Waals surface area contributed by atoms with Gasteiger partial charge in [0.25, 0.3) is 11.5 Å². The van der Waals surface area contributed by atoms with Crippen LogP contribution in [0.2, 0.25) is 5.02 Å². The number of nitrogens with zero attached hydrogens (tertiary/aromatic N) is 1. The maximum atomic E-state index is 13.1. The predicted molar refractivity (Wildman–Crippen MR) is 128 cm³/mol. The Morgan fingerprint density at radius 3 is 2.29 bits per heavy atom. The molecule has 0 unspecified atom stereocenters. The van der Waals surface area contributed by atoms with Crippen LogP contribution in [0.15, 0.2) is 77.6 Å². The number of hydrogen-bond acceptors (Lipinski definition) is 4. The minimum Gasteiger partial charge on any atom is -0.451 e. The summed E-state index contributed by atoms with van der Waals surface area (Å²) in [5, 5.41) is 4.17. The van der Waals surface area contributed by atoms with Gasteiger partial charge < -0.3 is 14.6 Å². The molecule has 0 radical (unpaired) electrons. The Balaban J connectivity index is 1.62. The van der Waals surface area contributed by atoms with E-state index < -0.39 is 18.5 Å². The molecule has 0 aliphatic heterocycles. The number of carbonyl (C=O) groups excluding carboxylic acids is 2. The summed E-state index contributed by atoms with van der Waals surface area (Å²) >= 11 is 6.03. The van der Waals surface area contributed by atoms with Crippen LogP contribution in [0.5, 0.6) is 0 Å². The Morgan fingerprint density at radius 1 is 0.971 bits per heavy atom. The fourth-order valence-corrected chi connectivity index (χ4v) is 3.79. The fraction of sp³-hybridized carbons (Fsp3) is 0.115. The Bertz CT molecular complexity index is 1430. The smallest absolute Gasteiger partial charge is 0.356 e. The highest BCUT2D eigenvalue weighted by molar-refractivity contribution is 6.30. The number of aromatic nitrogens is 1. The summed E-state index contributed by atoms with van der Waals surface area (Å²) in [7, 11) is 1.49. The molecule has 0 bridgehead atoms. The number of halogens is 2. The van der Waals surface area contributed by atoms with E-state index in [1.807, 2.05) is 0 Å². The van der Waals surface area contributed by atoms with E-state index in [-0.39, 0.29) is 23.6 Å². The van der Waals surface area contributed by atoms with Crippen LogP contribution in [0.3, 0.4) is 0 Å². The summed E-state index contributed by atoms with van der Waals surface area (Å²) in [4.78, 5) is 38.3. The second kappa shape index (κ2) is 9.89. The van der Waals surface area contributed by atoms with E-state index in [9.17, 15) is 18.8 Å². The molecular weight excluding hydrogens is 459 g/mol. The van der Waals surface area contributed by atoms with Crippen LogP contribution >= 0.6 is 11.6 Å². The molecule has 1 aromatic heterocycles. The molecule has 4 rings (SSSR count). The lowest BCUT2D eigenvalue weighted by molar-refractivity contribution is -0.124. The lowest BCUT2D eigenvalue weighted by atomic mass is 9.97. The lowest BCUT2D eigenvalue weighted by Crippen LogP contribution is -2.30. The van der Waals surface area contributed by atoms with Gasteiger partial charge in [-0.05, 0) is 46.8 Å². The summed E-state index contributed by atoms with van der Waals surface area (Å²) in [5.74, 6) is -1.72. The highest BCUT2D eigenvalue weighted by Gasteiger charge is 2.23. The number of esters is 1. The van der Waals surface area contributed by atoms with Crippen molar-refractivity contribution in [3.63, 3.8) is 0 Å². The third-order valence-corrected chi connectivity index (χ3v) is 5.62. The van der Waals surface area contributed by atoms with Gasteiger partial charge in [0.2, 0.25) is 0 Å². The number of nitrogens with one attached hydrogen (secondary N) is 1. The van der Waals surface area contributed by atoms with Crippen molar-refractivity contribution >= 4 is 34.2 Å². The van der Waals surface area contributed by atoms with Crippen molar-refractivity contribution in [2.45, 2.75) is 6.54 Å². The molecule has 8 heteroatoms. The van der Waals surface area contributed by atoms with E-state index in [0.717, 1.165) is 0 Å². The molecule has 1 heterocycles. The number of benzene rings is 3. The Labute approximate surface area is 199 Å². The highest BCUT2D eigenvalue weighted by atomic mass is 35.5. The molecule has 4 aromatic rings. The summed E-state index contributed by atoms with van der Waals surface area (Å²) in [6.07, 6.45) is 0. The number of fused-ring (bicyclic) bond motifs is 1. The van der Waals surface area contributed by atoms with Crippen LogP contribution in [-0.2, 0) is 23.1 Å². The van der Waals surface area contributed by atoms with Gasteiger partial charge in [0.15, 0.2) is 6.61 Å². The van der Waals surface area contributed by atoms with Gasteiger partial charge in [-0.1, -0.05) is 54.1 Å². The minimum atomic E-state index is -0.813. The average Bonchev–Trinajstić information content (AvgIpc) is 2.85. The summed E-state index contributed by atoms with van der Waals surface area (Å²) < 4.78 is 19.5. The molecule has 0 spiro atoms. The number of amides is 1. The van der Waals surface area contributed by atoms with E-state index in [4.69, 9.17) is 16.3 Å². The third kappa shape index (κ3) is 4.84. The monoisotopic (exact) mass is 478 g/mol. The summed E-state index contributed by atoms with van der Waals surface area (Å²) in [5.41, 5.74) is 1.54. The number of carbonyl (C=O) groups is 2. The van der Waals surface area contributed by atoms with E-state index in [1.165, 1.54) is 23.7 Å². The number of ether oxygens (including phenoxy) is 1. The first kappa shape index (κ1) is 23.2. The third-order valence-electron chi connectivity index (χ3n) is 5.37. The second-order valence-corrected chi connectivity index (χ2v) is 8.06. The van der Waals surface area contributed by atoms with Crippen LogP contribution in [0.4, 0.5) is 4.39 Å². The van der Waals surface area contributed by atoms with Crippen molar-refractivity contribution < 1.29 is 18.7 Å². The van der Waals surface area contributed by atoms with E-state index in [2.05, 4.69) is 5.32 Å². The number of pyridine rings is 1. The van der Waals surface area contributed by atoms with Gasteiger partial charge in [0.05, 0.1) is 0 Å². The first-order valence-corrected chi connectivity index (χ1v) is 10.8. The number of rotatable bonds is 6. The standard InChI is InChI=1S/C26H20ClFN2O4/c1-30-24(26(33)34-15-22(31)29-14-16-6-12-19(28)13-7-16)23(17-8-10-18(27)11-9-17)20-4-2-3-5-21(20)25(30)32/h2-13H,14-15H2,1H3,(H,29,31). The molecule has 172 valence electrons. The van der Waals surface area contributed by atoms with Crippen molar-refractivity contribution in [2.75, 3.05) is 6.61 Å². The quantitative estimate of drug-likeness (QED) is 0.415. The zero-order valence-corrected chi connectivity index (χ0v) is 18.9. The second-order valence-electron chi connectivity index (χ2n) is 7.62. The molecule has 0 saturated heterocycles. The van der Waals surface area contributed by atoms with Crippen LogP contribution in [0, 0.1) is 5.82 Å². The van der Waals surface area contributed by atoms with Gasteiger partial charge in [-0.15, -0.1) is 0 Å². The van der Waals surface area contributed by atoms with Crippen molar-refractivity contribution in [2.24, 2.45) is 7.05 Å². The van der Waals surface area contributed by atoms with E-state index >= 15 is 0 Å². The lowest BCUT2D eigenvalue weighted by Gasteiger charge is -2.17. The molecule has 34 heavy (non-hydrogen) atoms. The van der Waals surface area contributed by atoms with Crippen LogP contribution in [0.1, 0.15) is 16.1 Å². The van der Waals surface area contributed by atoms with Crippen molar-refractivity contribution in [1.82, 2.24) is 9.88 Å². The SMILES string of the molecule is Cn1c(C(=O)OCC(=O)NCc2ccc(F)cc2)c(-c2ccc(Cl)cc2)c2ccccc2c1=O. The first-order valence-electron chi connectivity index (χ1n) is 10.4. The van der Waals surface area contributed by atoms with Gasteiger partial charge in [-0.25, -0.2) is 9.18 Å². The molecule has 6 nitrogen and oxygen atoms in total. The Kier molecular flexibility index (Phi) is 6.75. The van der Waals surface area contributed by atoms with Crippen LogP contribution in [-0.4, -0.2) is 23.1 Å². The maximum absolute atomic E-state index is 13.1. The van der Waals surface area contributed by atoms with E-state index in [1.54, 1.807) is 60.7 Å². The predicted octanol–water partition coefficient (Wildman–Crippen LogP) is 4.47. The largest absolute Gasteiger partial charge is 0.451 e. The van der Waals surface area contributed by atoms with Gasteiger partial charge in [-0.2, -0.15) is 0 Å². The molecule has 0 aliphatic carbocycles. The van der Waals surface area contributed by atoms with Crippen LogP contribution in [0.25, 0.3) is 21.9 Å². The van der Waals surface area contributed by atoms with Crippen molar-refractivity contribution in [3.05, 3.63) is 105 Å². The molecule has 0 aliphatic rings. The van der Waals surface area contributed by atoms with Gasteiger partial charge in [-0.3, -0.25) is 9.59 Å². The zero-order chi connectivity index (χ0) is 24.2. The van der Waals surface area contributed by atoms with E-state index in [0.29, 0.717) is 32.5 Å². The molecule has 1 N–H and O–H groups in total. The normalized spacial score (nSPS) is 10.8. The molecule has 3 aromatic carbocycles. The number of hydrogen-bond donors (Lipinski definition) is 1. The zero-order valence-electron chi connectivity index (χ0n) is 18.2. The minimum absolute atomic E-state index is 0.0253. The molecule has 1 amide bonds. The maximum Gasteiger partial charge on any atom is 0.356 e. The van der Waals surface area contributed by atoms with Gasteiger partial charge in [0, 0.05) is 29.6 Å². The average molecular weight is 479 g/mol. The summed E-state index contributed by atoms with van der Waals surface area (Å²) in [6, 6.07) is 19.5. The topological polar surface area (TPSA) is 77.4 Å². The first-order chi connectivity index (χ1) is 16.3. The molecule has 0 saturated carbocycles. The fourth-order valence-electron chi connectivity index (χ4n) is 3.67. The molecular formula is C26H20ClFN2O4. The van der Waals surface area contributed by atoms with Crippen molar-refractivity contribution in [3.8, 4) is 11.1 Å².